The van der Waals surface area contributed by atoms with E-state index < -0.39 is 0 Å². The highest BCUT2D eigenvalue weighted by molar-refractivity contribution is 5.92. The van der Waals surface area contributed by atoms with E-state index in [1.807, 2.05) is 71.1 Å². The number of para-hydroxylation sites is 1. The number of hydrogen-bond acceptors (Lipinski definition) is 4. The van der Waals surface area contributed by atoms with Gasteiger partial charge in [0.25, 0.3) is 5.91 Å². The maximum Gasteiger partial charge on any atom is 0.274 e. The molecule has 1 fully saturated rings. The van der Waals surface area contributed by atoms with Gasteiger partial charge in [-0.3, -0.25) is 4.79 Å². The molecule has 0 unspecified atom stereocenters. The number of methoxy groups -OCH3 is 1. The van der Waals surface area contributed by atoms with Crippen LogP contribution in [0.3, 0.4) is 0 Å². The van der Waals surface area contributed by atoms with E-state index in [2.05, 4.69) is 23.0 Å². The smallest absolute Gasteiger partial charge is 0.274 e. The molecular weight excluding hydrogens is 364 g/mol. The van der Waals surface area contributed by atoms with E-state index in [0.29, 0.717) is 18.8 Å². The van der Waals surface area contributed by atoms with Gasteiger partial charge < -0.3 is 14.5 Å². The minimum Gasteiger partial charge on any atom is -0.497 e. The van der Waals surface area contributed by atoms with Crippen molar-refractivity contribution in [3.8, 4) is 11.4 Å². The number of aromatic nitrogens is 2. The molecule has 0 N–H and O–H groups in total. The predicted molar refractivity (Wildman–Crippen MR) is 114 cm³/mol. The summed E-state index contributed by atoms with van der Waals surface area (Å²) in [4.78, 5) is 17.3. The quantitative estimate of drug-likeness (QED) is 0.684. The second kappa shape index (κ2) is 7.99. The van der Waals surface area contributed by atoms with Gasteiger partial charge in [-0.25, -0.2) is 4.68 Å². The highest BCUT2D eigenvalue weighted by Crippen LogP contribution is 2.25. The average Bonchev–Trinajstić information content (AvgIpc) is 3.15. The number of ether oxygens (including phenoxy) is 1. The molecule has 1 amide bonds. The molecule has 0 radical (unpaired) electrons. The molecule has 29 heavy (non-hydrogen) atoms. The van der Waals surface area contributed by atoms with Crippen LogP contribution in [0.5, 0.6) is 5.75 Å². The molecule has 2 heterocycles. The second-order valence-electron chi connectivity index (χ2n) is 7.41. The molecule has 3 aromatic rings. The van der Waals surface area contributed by atoms with Gasteiger partial charge in [0, 0.05) is 43.1 Å². The van der Waals surface area contributed by atoms with E-state index in [-0.39, 0.29) is 11.9 Å². The Bertz CT molecular complexity index is 999. The normalized spacial score (nSPS) is 16.7. The Labute approximate surface area is 171 Å². The number of rotatable bonds is 4. The first-order valence-corrected chi connectivity index (χ1v) is 9.89. The summed E-state index contributed by atoms with van der Waals surface area (Å²) >= 11 is 0. The molecule has 0 bridgehead atoms. The Hall–Kier alpha value is -3.28. The Morgan fingerprint density at radius 2 is 1.79 bits per heavy atom. The van der Waals surface area contributed by atoms with Gasteiger partial charge in [0.2, 0.25) is 0 Å². The van der Waals surface area contributed by atoms with Crippen LogP contribution >= 0.6 is 0 Å². The minimum atomic E-state index is -0.0140. The number of benzene rings is 2. The lowest BCUT2D eigenvalue weighted by Crippen LogP contribution is -2.53. The molecule has 1 aromatic heterocycles. The lowest BCUT2D eigenvalue weighted by atomic mass is 10.1. The second-order valence-corrected chi connectivity index (χ2v) is 7.41. The van der Waals surface area contributed by atoms with Crippen LogP contribution in [0, 0.1) is 6.92 Å². The molecule has 6 nitrogen and oxygen atoms in total. The Kier molecular flexibility index (Phi) is 5.25. The fraction of sp³-hybridized carbons (Fsp3) is 0.304. The van der Waals surface area contributed by atoms with E-state index in [4.69, 9.17) is 4.74 Å². The zero-order chi connectivity index (χ0) is 20.4. The van der Waals surface area contributed by atoms with Crippen LogP contribution in [-0.4, -0.2) is 53.4 Å². The van der Waals surface area contributed by atoms with Gasteiger partial charge in [-0.2, -0.15) is 5.10 Å². The molecule has 4 rings (SSSR count). The highest BCUT2D eigenvalue weighted by Gasteiger charge is 2.29. The van der Waals surface area contributed by atoms with Crippen LogP contribution in [-0.2, 0) is 0 Å². The van der Waals surface area contributed by atoms with E-state index in [0.717, 1.165) is 29.4 Å². The van der Waals surface area contributed by atoms with Crippen molar-refractivity contribution in [2.24, 2.45) is 0 Å². The number of hydrogen-bond donors (Lipinski definition) is 0. The maximum atomic E-state index is 13.1. The number of nitrogens with zero attached hydrogens (tertiary/aromatic N) is 4. The standard InChI is InChI=1S/C23H26N4O2/c1-17-14-22(24-27(17)19-8-5-4-6-9-19)23(28)25-12-13-26(18(2)16-25)20-10-7-11-21(15-20)29-3/h4-11,14-15,18H,12-13,16H2,1-3H3/t18-/m1/s1. The van der Waals surface area contributed by atoms with Crippen molar-refractivity contribution < 1.29 is 9.53 Å². The Morgan fingerprint density at radius 3 is 2.52 bits per heavy atom. The van der Waals surface area contributed by atoms with E-state index in [1.165, 1.54) is 0 Å². The van der Waals surface area contributed by atoms with Crippen LogP contribution in [0.4, 0.5) is 5.69 Å². The van der Waals surface area contributed by atoms with E-state index >= 15 is 0 Å². The lowest BCUT2D eigenvalue weighted by Gasteiger charge is -2.41. The third kappa shape index (κ3) is 3.83. The first-order chi connectivity index (χ1) is 14.1. The van der Waals surface area contributed by atoms with Crippen molar-refractivity contribution in [2.45, 2.75) is 19.9 Å². The molecule has 150 valence electrons. The summed E-state index contributed by atoms with van der Waals surface area (Å²) in [5.41, 5.74) is 3.52. The first-order valence-electron chi connectivity index (χ1n) is 9.89. The molecule has 6 heteroatoms. The molecule has 1 saturated heterocycles. The van der Waals surface area contributed by atoms with Crippen LogP contribution in [0.15, 0.2) is 60.7 Å². The van der Waals surface area contributed by atoms with Crippen molar-refractivity contribution in [1.29, 1.82) is 0 Å². The Morgan fingerprint density at radius 1 is 1.03 bits per heavy atom. The van der Waals surface area contributed by atoms with Crippen molar-refractivity contribution in [1.82, 2.24) is 14.7 Å². The summed E-state index contributed by atoms with van der Waals surface area (Å²) in [5.74, 6) is 0.829. The number of carbonyl (C=O) groups excluding carboxylic acids is 1. The SMILES string of the molecule is COc1cccc(N2CCN(C(=O)c3cc(C)n(-c4ccccc4)n3)C[C@H]2C)c1. The fourth-order valence-corrected chi connectivity index (χ4v) is 3.89. The Balaban J connectivity index is 1.49. The molecule has 0 saturated carbocycles. The molecule has 0 spiro atoms. The molecule has 2 aromatic carbocycles. The molecule has 1 atom stereocenters. The number of aryl methyl sites for hydroxylation is 1. The largest absolute Gasteiger partial charge is 0.497 e. The summed E-state index contributed by atoms with van der Waals surface area (Å²) in [6.07, 6.45) is 0. The lowest BCUT2D eigenvalue weighted by molar-refractivity contribution is 0.0720. The van der Waals surface area contributed by atoms with Gasteiger partial charge in [-0.05, 0) is 44.2 Å². The topological polar surface area (TPSA) is 50.6 Å². The molecule has 0 aliphatic carbocycles. The van der Waals surface area contributed by atoms with Gasteiger partial charge in [-0.15, -0.1) is 0 Å². The van der Waals surface area contributed by atoms with Crippen LogP contribution < -0.4 is 9.64 Å². The minimum absolute atomic E-state index is 0.0140. The van der Waals surface area contributed by atoms with E-state index in [1.54, 1.807) is 7.11 Å². The van der Waals surface area contributed by atoms with Crippen LogP contribution in [0.1, 0.15) is 23.1 Å². The van der Waals surface area contributed by atoms with Crippen molar-refractivity contribution in [2.75, 3.05) is 31.6 Å². The number of piperazine rings is 1. The first kappa shape index (κ1) is 19.1. The van der Waals surface area contributed by atoms with Gasteiger partial charge in [0.1, 0.15) is 5.75 Å². The third-order valence-electron chi connectivity index (χ3n) is 5.41. The average molecular weight is 390 g/mol. The van der Waals surface area contributed by atoms with E-state index in [9.17, 15) is 4.79 Å². The van der Waals surface area contributed by atoms with Gasteiger partial charge >= 0.3 is 0 Å². The zero-order valence-electron chi connectivity index (χ0n) is 17.1. The maximum absolute atomic E-state index is 13.1. The highest BCUT2D eigenvalue weighted by atomic mass is 16.5. The van der Waals surface area contributed by atoms with Crippen molar-refractivity contribution in [3.05, 3.63) is 72.1 Å². The number of amides is 1. The summed E-state index contributed by atoms with van der Waals surface area (Å²) < 4.78 is 7.17. The van der Waals surface area contributed by atoms with Gasteiger partial charge in [0.05, 0.1) is 12.8 Å². The number of carbonyl (C=O) groups is 1. The van der Waals surface area contributed by atoms with Gasteiger partial charge in [0.15, 0.2) is 5.69 Å². The summed E-state index contributed by atoms with van der Waals surface area (Å²) in [6.45, 7) is 6.22. The van der Waals surface area contributed by atoms with Gasteiger partial charge in [-0.1, -0.05) is 24.3 Å². The summed E-state index contributed by atoms with van der Waals surface area (Å²) in [7, 11) is 1.68. The zero-order valence-corrected chi connectivity index (χ0v) is 17.1. The predicted octanol–water partition coefficient (Wildman–Crippen LogP) is 3.54. The van der Waals surface area contributed by atoms with Crippen LogP contribution in [0.25, 0.3) is 5.69 Å². The molecule has 1 aliphatic heterocycles. The molecule has 1 aliphatic rings. The van der Waals surface area contributed by atoms with Crippen LogP contribution in [0.2, 0.25) is 0 Å². The third-order valence-corrected chi connectivity index (χ3v) is 5.41. The summed E-state index contributed by atoms with van der Waals surface area (Å²) in [5, 5.41) is 4.58. The molecular formula is C23H26N4O2. The van der Waals surface area contributed by atoms with Crippen molar-refractivity contribution >= 4 is 11.6 Å². The van der Waals surface area contributed by atoms with Crippen molar-refractivity contribution in [3.63, 3.8) is 0 Å². The monoisotopic (exact) mass is 390 g/mol. The summed E-state index contributed by atoms with van der Waals surface area (Å²) in [6, 6.07) is 20.0. The number of anilines is 1. The fourth-order valence-electron chi connectivity index (χ4n) is 3.89.